The summed E-state index contributed by atoms with van der Waals surface area (Å²) in [7, 11) is 4.16. The van der Waals surface area contributed by atoms with E-state index >= 15 is 0 Å². The van der Waals surface area contributed by atoms with Gasteiger partial charge in [0.25, 0.3) is 0 Å². The molecule has 0 bridgehead atoms. The molecule has 19 heavy (non-hydrogen) atoms. The third-order valence-corrected chi connectivity index (χ3v) is 3.19. The zero-order chi connectivity index (χ0) is 14.4. The van der Waals surface area contributed by atoms with E-state index in [9.17, 15) is 4.39 Å². The molecule has 2 N–H and O–H groups in total. The average molecular weight is 268 g/mol. The fourth-order valence-corrected chi connectivity index (χ4v) is 2.06. The van der Waals surface area contributed by atoms with Crippen LogP contribution < -0.4 is 5.32 Å². The summed E-state index contributed by atoms with van der Waals surface area (Å²) >= 11 is 0. The molecule has 1 aromatic rings. The van der Waals surface area contributed by atoms with Crippen molar-refractivity contribution in [2.75, 3.05) is 20.6 Å². The van der Waals surface area contributed by atoms with Crippen LogP contribution in [-0.2, 0) is 6.54 Å². The summed E-state index contributed by atoms with van der Waals surface area (Å²) in [4.78, 5) is 2.21. The van der Waals surface area contributed by atoms with Gasteiger partial charge in [-0.25, -0.2) is 4.39 Å². The summed E-state index contributed by atoms with van der Waals surface area (Å²) in [5, 5.41) is 12.5. The second-order valence-corrected chi connectivity index (χ2v) is 5.66. The van der Waals surface area contributed by atoms with E-state index in [0.717, 1.165) is 18.5 Å². The lowest BCUT2D eigenvalue weighted by Crippen LogP contribution is -2.38. The first kappa shape index (κ1) is 15.9. The molecule has 0 saturated carbocycles. The van der Waals surface area contributed by atoms with Gasteiger partial charge in [-0.3, -0.25) is 0 Å². The van der Waals surface area contributed by atoms with E-state index in [2.05, 4.69) is 38.2 Å². The van der Waals surface area contributed by atoms with Crippen molar-refractivity contribution in [3.63, 3.8) is 0 Å². The molecule has 0 aromatic heterocycles. The molecule has 0 amide bonds. The predicted molar refractivity (Wildman–Crippen MR) is 76.7 cm³/mol. The molecule has 0 fully saturated rings. The topological polar surface area (TPSA) is 35.5 Å². The molecule has 108 valence electrons. The van der Waals surface area contributed by atoms with Crippen molar-refractivity contribution in [3.05, 3.63) is 29.6 Å². The molecule has 0 aliphatic carbocycles. The quantitative estimate of drug-likeness (QED) is 0.798. The molecule has 1 atom stereocenters. The Hall–Kier alpha value is -1.13. The molecular formula is C15H25FN2O. The van der Waals surface area contributed by atoms with Gasteiger partial charge in [-0.05, 0) is 44.1 Å². The highest BCUT2D eigenvalue weighted by molar-refractivity contribution is 5.27. The van der Waals surface area contributed by atoms with Crippen molar-refractivity contribution in [2.24, 2.45) is 5.92 Å². The highest BCUT2D eigenvalue weighted by atomic mass is 19.1. The van der Waals surface area contributed by atoms with Gasteiger partial charge in [0.2, 0.25) is 0 Å². The van der Waals surface area contributed by atoms with Crippen molar-refractivity contribution in [3.8, 4) is 5.75 Å². The zero-order valence-corrected chi connectivity index (χ0v) is 12.3. The number of phenolic OH excluding ortho intramolecular Hbond substituents is 1. The summed E-state index contributed by atoms with van der Waals surface area (Å²) in [6, 6.07) is 4.97. The highest BCUT2D eigenvalue weighted by Crippen LogP contribution is 2.16. The van der Waals surface area contributed by atoms with Gasteiger partial charge in [-0.1, -0.05) is 19.9 Å². The first-order valence-corrected chi connectivity index (χ1v) is 6.74. The minimum Gasteiger partial charge on any atom is -0.505 e. The number of aromatic hydroxyl groups is 1. The minimum absolute atomic E-state index is 0.297. The SMILES string of the molecule is CC(C)CC(CNCc1ccc(O)c(F)c1)N(C)C. The first-order chi connectivity index (χ1) is 8.90. The number of phenols is 1. The Balaban J connectivity index is 2.45. The fourth-order valence-electron chi connectivity index (χ4n) is 2.06. The molecule has 1 rings (SSSR count). The molecule has 1 aromatic carbocycles. The van der Waals surface area contributed by atoms with Crippen LogP contribution in [0.15, 0.2) is 18.2 Å². The maximum absolute atomic E-state index is 13.2. The number of benzene rings is 1. The number of likely N-dealkylation sites (N-methyl/N-ethyl adjacent to an activating group) is 1. The summed E-state index contributed by atoms with van der Waals surface area (Å²) in [5.74, 6) is -0.208. The molecule has 1 unspecified atom stereocenters. The third kappa shape index (κ3) is 5.57. The second-order valence-electron chi connectivity index (χ2n) is 5.66. The van der Waals surface area contributed by atoms with Crippen molar-refractivity contribution < 1.29 is 9.50 Å². The standard InChI is InChI=1S/C15H25FN2O/c1-11(2)7-13(18(3)4)10-17-9-12-5-6-15(19)14(16)8-12/h5-6,8,11,13,17,19H,7,9-10H2,1-4H3. The molecule has 0 heterocycles. The first-order valence-electron chi connectivity index (χ1n) is 6.74. The second kappa shape index (κ2) is 7.46. The Morgan fingerprint density at radius 3 is 2.53 bits per heavy atom. The number of halogens is 1. The lowest BCUT2D eigenvalue weighted by Gasteiger charge is -2.26. The van der Waals surface area contributed by atoms with Gasteiger partial charge in [0.15, 0.2) is 11.6 Å². The van der Waals surface area contributed by atoms with E-state index in [0.29, 0.717) is 18.5 Å². The highest BCUT2D eigenvalue weighted by Gasteiger charge is 2.12. The van der Waals surface area contributed by atoms with Crippen LogP contribution in [0.2, 0.25) is 0 Å². The molecule has 3 nitrogen and oxygen atoms in total. The lowest BCUT2D eigenvalue weighted by molar-refractivity contribution is 0.246. The van der Waals surface area contributed by atoms with E-state index in [1.165, 1.54) is 12.1 Å². The van der Waals surface area contributed by atoms with Crippen LogP contribution in [0.4, 0.5) is 4.39 Å². The zero-order valence-electron chi connectivity index (χ0n) is 12.3. The maximum Gasteiger partial charge on any atom is 0.165 e. The van der Waals surface area contributed by atoms with Crippen LogP contribution in [0, 0.1) is 11.7 Å². The van der Waals surface area contributed by atoms with Crippen molar-refractivity contribution >= 4 is 0 Å². The largest absolute Gasteiger partial charge is 0.505 e. The molecule has 0 saturated heterocycles. The third-order valence-electron chi connectivity index (χ3n) is 3.19. The van der Waals surface area contributed by atoms with Gasteiger partial charge in [-0.2, -0.15) is 0 Å². The Morgan fingerprint density at radius 2 is 2.00 bits per heavy atom. The van der Waals surface area contributed by atoms with Gasteiger partial charge in [-0.15, -0.1) is 0 Å². The number of nitrogens with zero attached hydrogens (tertiary/aromatic N) is 1. The summed E-state index contributed by atoms with van der Waals surface area (Å²) in [6.07, 6.45) is 1.13. The Morgan fingerprint density at radius 1 is 1.32 bits per heavy atom. The van der Waals surface area contributed by atoms with Gasteiger partial charge in [0.1, 0.15) is 0 Å². The Kier molecular flexibility index (Phi) is 6.25. The van der Waals surface area contributed by atoms with Crippen LogP contribution in [-0.4, -0.2) is 36.7 Å². The lowest BCUT2D eigenvalue weighted by atomic mass is 10.0. The monoisotopic (exact) mass is 268 g/mol. The van der Waals surface area contributed by atoms with Gasteiger partial charge < -0.3 is 15.3 Å². The van der Waals surface area contributed by atoms with Crippen LogP contribution in [0.5, 0.6) is 5.75 Å². The van der Waals surface area contributed by atoms with E-state index in [1.54, 1.807) is 6.07 Å². The molecule has 4 heteroatoms. The predicted octanol–water partition coefficient (Wildman–Crippen LogP) is 2.60. The van der Waals surface area contributed by atoms with Crippen molar-refractivity contribution in [1.82, 2.24) is 10.2 Å². The maximum atomic E-state index is 13.2. The van der Waals surface area contributed by atoms with Gasteiger partial charge >= 0.3 is 0 Å². The van der Waals surface area contributed by atoms with E-state index in [-0.39, 0.29) is 5.75 Å². The van der Waals surface area contributed by atoms with Crippen molar-refractivity contribution in [1.29, 1.82) is 0 Å². The number of hydrogen-bond acceptors (Lipinski definition) is 3. The van der Waals surface area contributed by atoms with Crippen LogP contribution in [0.25, 0.3) is 0 Å². The normalized spacial score (nSPS) is 13.2. The van der Waals surface area contributed by atoms with Crippen molar-refractivity contribution in [2.45, 2.75) is 32.9 Å². The van der Waals surface area contributed by atoms with Gasteiger partial charge in [0.05, 0.1) is 0 Å². The fraction of sp³-hybridized carbons (Fsp3) is 0.600. The molecule has 0 radical (unpaired) electrons. The number of rotatable bonds is 7. The average Bonchev–Trinajstić information content (AvgIpc) is 2.31. The molecular weight excluding hydrogens is 243 g/mol. The number of hydrogen-bond donors (Lipinski definition) is 2. The van der Waals surface area contributed by atoms with Crippen LogP contribution in [0.1, 0.15) is 25.8 Å². The Labute approximate surface area is 115 Å². The molecule has 0 aliphatic rings. The summed E-state index contributed by atoms with van der Waals surface area (Å²) < 4.78 is 13.2. The van der Waals surface area contributed by atoms with E-state index < -0.39 is 5.82 Å². The summed E-state index contributed by atoms with van der Waals surface area (Å²) in [5.41, 5.74) is 0.845. The summed E-state index contributed by atoms with van der Waals surface area (Å²) in [6.45, 7) is 5.91. The molecule has 0 aliphatic heterocycles. The smallest absolute Gasteiger partial charge is 0.165 e. The minimum atomic E-state index is -0.564. The molecule has 0 spiro atoms. The van der Waals surface area contributed by atoms with Crippen LogP contribution >= 0.6 is 0 Å². The van der Waals surface area contributed by atoms with E-state index in [4.69, 9.17) is 5.11 Å². The van der Waals surface area contributed by atoms with Crippen LogP contribution in [0.3, 0.4) is 0 Å². The van der Waals surface area contributed by atoms with Gasteiger partial charge in [0, 0.05) is 19.1 Å². The number of nitrogens with one attached hydrogen (secondary N) is 1. The Bertz CT molecular complexity index is 394. The van der Waals surface area contributed by atoms with E-state index in [1.807, 2.05) is 0 Å².